The van der Waals surface area contributed by atoms with Crippen LogP contribution in [0.5, 0.6) is 0 Å². The Morgan fingerprint density at radius 1 is 1.00 bits per heavy atom. The number of nitrogens with zero attached hydrogens (tertiary/aromatic N) is 3. The third kappa shape index (κ3) is 8.06. The molecule has 0 amide bonds. The molecule has 0 radical (unpaired) electrons. The summed E-state index contributed by atoms with van der Waals surface area (Å²) in [5.41, 5.74) is 1.41. The highest BCUT2D eigenvalue weighted by atomic mass is 35.5. The van der Waals surface area contributed by atoms with Crippen LogP contribution in [0.4, 0.5) is 5.82 Å². The Kier molecular flexibility index (Phi) is 12.6. The summed E-state index contributed by atoms with van der Waals surface area (Å²) < 4.78 is 0. The van der Waals surface area contributed by atoms with Crippen LogP contribution in [0.1, 0.15) is 24.8 Å². The zero-order valence-corrected chi connectivity index (χ0v) is 17.0. The first-order valence-corrected chi connectivity index (χ1v) is 8.67. The molecule has 1 aliphatic rings. The minimum atomic E-state index is 0. The number of hydrogen-bond acceptors (Lipinski definition) is 4. The Balaban J connectivity index is 0.00000208. The lowest BCUT2D eigenvalue weighted by Gasteiger charge is -2.32. The van der Waals surface area contributed by atoms with Crippen LogP contribution in [0.15, 0.2) is 42.5 Å². The van der Waals surface area contributed by atoms with Gasteiger partial charge in [0, 0.05) is 13.1 Å². The second kappa shape index (κ2) is 13.1. The molecular formula is C18H27Cl3N4O. The number of nitrogens with one attached hydrogen (secondary N) is 1. The Morgan fingerprint density at radius 2 is 1.69 bits per heavy atom. The Hall–Kier alpha value is -1.11. The second-order valence-corrected chi connectivity index (χ2v) is 6.55. The van der Waals surface area contributed by atoms with Gasteiger partial charge in [0.2, 0.25) is 0 Å². The molecule has 0 bridgehead atoms. The number of aromatic nitrogens is 2. The van der Waals surface area contributed by atoms with Crippen molar-refractivity contribution in [2.45, 2.75) is 25.8 Å². The number of anilines is 1. The van der Waals surface area contributed by atoms with E-state index in [4.69, 9.17) is 11.6 Å². The van der Waals surface area contributed by atoms with Crippen molar-refractivity contribution in [2.75, 3.05) is 25.0 Å². The van der Waals surface area contributed by atoms with E-state index >= 15 is 0 Å². The monoisotopic (exact) mass is 420 g/mol. The minimum absolute atomic E-state index is 0. The van der Waals surface area contributed by atoms with E-state index in [9.17, 15) is 0 Å². The van der Waals surface area contributed by atoms with Crippen molar-refractivity contribution in [1.29, 1.82) is 0 Å². The fourth-order valence-electron chi connectivity index (χ4n) is 3.09. The minimum Gasteiger partial charge on any atom is -0.412 e. The van der Waals surface area contributed by atoms with E-state index in [-0.39, 0.29) is 30.3 Å². The first kappa shape index (κ1) is 24.9. The molecule has 2 aromatic rings. The Morgan fingerprint density at radius 3 is 2.31 bits per heavy atom. The molecular weight excluding hydrogens is 395 g/mol. The highest BCUT2D eigenvalue weighted by molar-refractivity contribution is 6.29. The van der Waals surface area contributed by atoms with Crippen LogP contribution in [0, 0.1) is 5.92 Å². The number of piperidine rings is 1. The van der Waals surface area contributed by atoms with Crippen molar-refractivity contribution >= 4 is 42.2 Å². The number of rotatable bonds is 6. The van der Waals surface area contributed by atoms with Crippen molar-refractivity contribution in [2.24, 2.45) is 5.92 Å². The molecule has 3 rings (SSSR count). The topological polar surface area (TPSA) is 72.5 Å². The quantitative estimate of drug-likeness (QED) is 0.768. The normalized spacial score (nSPS) is 14.5. The predicted molar refractivity (Wildman–Crippen MR) is 113 cm³/mol. The van der Waals surface area contributed by atoms with Crippen molar-refractivity contribution in [1.82, 2.24) is 15.1 Å². The molecule has 0 spiro atoms. The van der Waals surface area contributed by atoms with Gasteiger partial charge in [-0.15, -0.1) is 35.0 Å². The largest absolute Gasteiger partial charge is 0.412 e. The molecule has 26 heavy (non-hydrogen) atoms. The van der Waals surface area contributed by atoms with Crippen molar-refractivity contribution in [3.8, 4) is 0 Å². The van der Waals surface area contributed by atoms with E-state index in [0.717, 1.165) is 24.8 Å². The van der Waals surface area contributed by atoms with Crippen LogP contribution in [-0.2, 0) is 6.54 Å². The molecule has 8 heteroatoms. The summed E-state index contributed by atoms with van der Waals surface area (Å²) in [7, 11) is 0. The van der Waals surface area contributed by atoms with Gasteiger partial charge in [0.05, 0.1) is 0 Å². The van der Waals surface area contributed by atoms with Crippen LogP contribution < -0.4 is 5.32 Å². The summed E-state index contributed by atoms with van der Waals surface area (Å²) in [5, 5.41) is 11.6. The number of likely N-dealkylation sites (tertiary alicyclic amines) is 1. The highest BCUT2D eigenvalue weighted by Crippen LogP contribution is 2.22. The lowest BCUT2D eigenvalue weighted by molar-refractivity contribution is 0.174. The van der Waals surface area contributed by atoms with Gasteiger partial charge in [-0.2, -0.15) is 0 Å². The molecule has 0 atom stereocenters. The summed E-state index contributed by atoms with van der Waals surface area (Å²) >= 11 is 5.73. The summed E-state index contributed by atoms with van der Waals surface area (Å²) in [4.78, 5) is 2.56. The zero-order chi connectivity index (χ0) is 15.9. The molecule has 1 saturated heterocycles. The van der Waals surface area contributed by atoms with Gasteiger partial charge in [-0.3, -0.25) is 4.90 Å². The molecule has 146 valence electrons. The van der Waals surface area contributed by atoms with Gasteiger partial charge >= 0.3 is 0 Å². The van der Waals surface area contributed by atoms with Crippen LogP contribution in [0.2, 0.25) is 5.15 Å². The van der Waals surface area contributed by atoms with Crippen LogP contribution >= 0.6 is 36.4 Å². The zero-order valence-electron chi connectivity index (χ0n) is 14.6. The van der Waals surface area contributed by atoms with E-state index in [0.29, 0.717) is 5.15 Å². The predicted octanol–water partition coefficient (Wildman–Crippen LogP) is 3.86. The maximum Gasteiger partial charge on any atom is 0.151 e. The van der Waals surface area contributed by atoms with E-state index in [1.165, 1.54) is 37.9 Å². The van der Waals surface area contributed by atoms with Crippen LogP contribution in [0.3, 0.4) is 0 Å². The van der Waals surface area contributed by atoms with Gasteiger partial charge in [-0.25, -0.2) is 0 Å². The number of benzene rings is 1. The standard InChI is InChI=1S/C18H23ClN4.2ClH.H2O/c19-17-6-7-18(22-21-17)20-11-8-15-9-12-23(13-10-15)14-16-4-2-1-3-5-16;;;/h1-7,15H,8-14H2,(H,20,22);2*1H;1H2. The van der Waals surface area contributed by atoms with Gasteiger partial charge < -0.3 is 10.8 Å². The molecule has 0 unspecified atom stereocenters. The lowest BCUT2D eigenvalue weighted by atomic mass is 9.93. The fourth-order valence-corrected chi connectivity index (χ4v) is 3.19. The molecule has 1 aromatic heterocycles. The SMILES string of the molecule is Cl.Cl.Clc1ccc(NCCC2CCN(Cc3ccccc3)CC2)nn1.O. The van der Waals surface area contributed by atoms with Gasteiger partial charge in [-0.05, 0) is 56.0 Å². The average Bonchev–Trinajstić information content (AvgIpc) is 2.59. The molecule has 1 aliphatic heterocycles. The van der Waals surface area contributed by atoms with Crippen molar-refractivity contribution in [3.05, 3.63) is 53.2 Å². The van der Waals surface area contributed by atoms with E-state index in [1.54, 1.807) is 6.07 Å². The first-order valence-electron chi connectivity index (χ1n) is 8.29. The van der Waals surface area contributed by atoms with Crippen molar-refractivity contribution in [3.63, 3.8) is 0 Å². The van der Waals surface area contributed by atoms with E-state index < -0.39 is 0 Å². The average molecular weight is 422 g/mol. The van der Waals surface area contributed by atoms with E-state index in [1.807, 2.05) is 6.07 Å². The van der Waals surface area contributed by atoms with Crippen LogP contribution in [-0.4, -0.2) is 40.2 Å². The van der Waals surface area contributed by atoms with Gasteiger partial charge in [0.15, 0.2) is 5.15 Å². The highest BCUT2D eigenvalue weighted by Gasteiger charge is 2.18. The van der Waals surface area contributed by atoms with Crippen molar-refractivity contribution < 1.29 is 5.48 Å². The summed E-state index contributed by atoms with van der Waals surface area (Å²) in [6, 6.07) is 14.4. The van der Waals surface area contributed by atoms with Gasteiger partial charge in [0.25, 0.3) is 0 Å². The molecule has 0 aliphatic carbocycles. The molecule has 2 heterocycles. The first-order chi connectivity index (χ1) is 11.3. The molecule has 5 nitrogen and oxygen atoms in total. The van der Waals surface area contributed by atoms with E-state index in [2.05, 4.69) is 50.7 Å². The maximum absolute atomic E-state index is 5.73. The summed E-state index contributed by atoms with van der Waals surface area (Å²) in [6.45, 7) is 4.41. The summed E-state index contributed by atoms with van der Waals surface area (Å²) in [6.07, 6.45) is 3.74. The fraction of sp³-hybridized carbons (Fsp3) is 0.444. The molecule has 1 aromatic carbocycles. The lowest BCUT2D eigenvalue weighted by Crippen LogP contribution is -2.33. The molecule has 1 fully saturated rings. The molecule has 3 N–H and O–H groups in total. The van der Waals surface area contributed by atoms with Gasteiger partial charge in [-0.1, -0.05) is 41.9 Å². The Labute approximate surface area is 172 Å². The van der Waals surface area contributed by atoms with Gasteiger partial charge in [0.1, 0.15) is 5.82 Å². The second-order valence-electron chi connectivity index (χ2n) is 6.16. The summed E-state index contributed by atoms with van der Waals surface area (Å²) in [5.74, 6) is 1.60. The number of halogens is 3. The third-order valence-corrected chi connectivity index (χ3v) is 4.65. The third-order valence-electron chi connectivity index (χ3n) is 4.45. The Bertz CT molecular complexity index is 593. The van der Waals surface area contributed by atoms with Crippen LogP contribution in [0.25, 0.3) is 0 Å². The maximum atomic E-state index is 5.73. The number of hydrogen-bond donors (Lipinski definition) is 1. The smallest absolute Gasteiger partial charge is 0.151 e. The molecule has 0 saturated carbocycles.